The average molecular weight is 507 g/mol. The van der Waals surface area contributed by atoms with Crippen molar-refractivity contribution in [1.82, 2.24) is 19.7 Å². The number of carbonyl (C=O) groups excluding carboxylic acids is 1. The van der Waals surface area contributed by atoms with Crippen molar-refractivity contribution in [3.05, 3.63) is 58.8 Å². The third-order valence-corrected chi connectivity index (χ3v) is 8.32. The fraction of sp³-hybridized carbons (Fsp3) is 0.586. The SMILES string of the molecule is CC(c1ccc2c(n1)OC(C)(C)CN(CC(O)CN1CCc3ccccc3C1)C2=O)N1CC2(COC2)C1. The van der Waals surface area contributed by atoms with Crippen LogP contribution in [0.15, 0.2) is 36.4 Å². The first-order valence-corrected chi connectivity index (χ1v) is 13.5. The van der Waals surface area contributed by atoms with Gasteiger partial charge in [-0.05, 0) is 50.5 Å². The predicted molar refractivity (Wildman–Crippen MR) is 140 cm³/mol. The highest BCUT2D eigenvalue weighted by molar-refractivity contribution is 5.96. The van der Waals surface area contributed by atoms with Gasteiger partial charge in [-0.1, -0.05) is 24.3 Å². The number of rotatable bonds is 6. The zero-order valence-corrected chi connectivity index (χ0v) is 22.2. The molecule has 2 atom stereocenters. The number of fused-ring (bicyclic) bond motifs is 2. The van der Waals surface area contributed by atoms with Crippen LogP contribution >= 0.6 is 0 Å². The molecule has 4 aliphatic rings. The highest BCUT2D eigenvalue weighted by atomic mass is 16.5. The normalized spacial score (nSPS) is 24.2. The summed E-state index contributed by atoms with van der Waals surface area (Å²) < 4.78 is 11.7. The highest BCUT2D eigenvalue weighted by Crippen LogP contribution is 2.42. The Labute approximate surface area is 219 Å². The number of hydrogen-bond donors (Lipinski definition) is 1. The predicted octanol–water partition coefficient (Wildman–Crippen LogP) is 2.51. The van der Waals surface area contributed by atoms with Crippen LogP contribution in [0.3, 0.4) is 0 Å². The molecule has 0 bridgehead atoms. The average Bonchev–Trinajstić information content (AvgIpc) is 2.89. The number of pyridine rings is 1. The first-order chi connectivity index (χ1) is 17.7. The maximum atomic E-state index is 13.6. The molecule has 1 N–H and O–H groups in total. The highest BCUT2D eigenvalue weighted by Gasteiger charge is 2.50. The maximum Gasteiger partial charge on any atom is 0.259 e. The van der Waals surface area contributed by atoms with E-state index in [1.165, 1.54) is 11.1 Å². The van der Waals surface area contributed by atoms with Crippen molar-refractivity contribution in [2.24, 2.45) is 5.41 Å². The minimum Gasteiger partial charge on any atom is -0.469 e. The van der Waals surface area contributed by atoms with Gasteiger partial charge in [-0.3, -0.25) is 14.6 Å². The van der Waals surface area contributed by atoms with Crippen molar-refractivity contribution in [2.75, 3.05) is 52.5 Å². The minimum absolute atomic E-state index is 0.134. The summed E-state index contributed by atoms with van der Waals surface area (Å²) in [5.41, 5.74) is 3.81. The molecule has 0 saturated carbocycles. The van der Waals surface area contributed by atoms with Crippen molar-refractivity contribution < 1.29 is 19.4 Å². The number of amides is 1. The fourth-order valence-electron chi connectivity index (χ4n) is 6.24. The number of ether oxygens (including phenoxy) is 2. The van der Waals surface area contributed by atoms with E-state index in [4.69, 9.17) is 14.5 Å². The standard InChI is InChI=1S/C29H38N4O4/c1-20(33-16-29(17-33)18-36-19-29)25-9-8-24-26(30-25)37-28(2,3)15-32(27(24)35)14-23(34)13-31-11-10-21-6-4-5-7-22(21)12-31/h4-9,20,23,34H,10-19H2,1-3H3. The number of likely N-dealkylation sites (tertiary alicyclic amines) is 1. The van der Waals surface area contributed by atoms with E-state index < -0.39 is 11.7 Å². The molecule has 1 amide bonds. The van der Waals surface area contributed by atoms with Crippen molar-refractivity contribution in [1.29, 1.82) is 0 Å². The molecule has 1 aromatic heterocycles. The van der Waals surface area contributed by atoms with Gasteiger partial charge in [0.2, 0.25) is 5.88 Å². The molecule has 2 saturated heterocycles. The first-order valence-electron chi connectivity index (χ1n) is 13.5. The molecule has 6 rings (SSSR count). The van der Waals surface area contributed by atoms with E-state index in [2.05, 4.69) is 41.0 Å². The van der Waals surface area contributed by atoms with Gasteiger partial charge >= 0.3 is 0 Å². The van der Waals surface area contributed by atoms with Gasteiger partial charge in [0.05, 0.1) is 31.6 Å². The van der Waals surface area contributed by atoms with Gasteiger partial charge in [-0.15, -0.1) is 0 Å². The van der Waals surface area contributed by atoms with E-state index in [1.807, 2.05) is 26.0 Å². The molecule has 37 heavy (non-hydrogen) atoms. The van der Waals surface area contributed by atoms with Crippen LogP contribution in [0.5, 0.6) is 5.88 Å². The number of carbonyl (C=O) groups is 1. The molecule has 0 aliphatic carbocycles. The zero-order valence-electron chi connectivity index (χ0n) is 22.2. The Morgan fingerprint density at radius 3 is 2.54 bits per heavy atom. The molecule has 8 heteroatoms. The molecule has 1 aromatic carbocycles. The van der Waals surface area contributed by atoms with E-state index in [0.717, 1.165) is 51.5 Å². The third kappa shape index (κ3) is 4.88. The van der Waals surface area contributed by atoms with E-state index >= 15 is 0 Å². The van der Waals surface area contributed by atoms with Gasteiger partial charge in [0.1, 0.15) is 11.2 Å². The lowest BCUT2D eigenvalue weighted by Crippen LogP contribution is -2.66. The summed E-state index contributed by atoms with van der Waals surface area (Å²) in [7, 11) is 0. The minimum atomic E-state index is -0.645. The summed E-state index contributed by atoms with van der Waals surface area (Å²) in [6.07, 6.45) is 0.339. The quantitative estimate of drug-likeness (QED) is 0.645. The second-order valence-corrected chi connectivity index (χ2v) is 12.1. The summed E-state index contributed by atoms with van der Waals surface area (Å²) >= 11 is 0. The number of aromatic nitrogens is 1. The van der Waals surface area contributed by atoms with Gasteiger partial charge in [0, 0.05) is 50.7 Å². The molecular weight excluding hydrogens is 468 g/mol. The Morgan fingerprint density at radius 2 is 1.81 bits per heavy atom. The lowest BCUT2D eigenvalue weighted by molar-refractivity contribution is -0.197. The van der Waals surface area contributed by atoms with Gasteiger partial charge in [-0.2, -0.15) is 0 Å². The lowest BCUT2D eigenvalue weighted by Gasteiger charge is -2.56. The van der Waals surface area contributed by atoms with Crippen LogP contribution in [0.2, 0.25) is 0 Å². The second-order valence-electron chi connectivity index (χ2n) is 12.1. The summed E-state index contributed by atoms with van der Waals surface area (Å²) in [6, 6.07) is 12.4. The van der Waals surface area contributed by atoms with Crippen molar-refractivity contribution in [2.45, 2.75) is 51.5 Å². The molecule has 4 aliphatic heterocycles. The Morgan fingerprint density at radius 1 is 1.05 bits per heavy atom. The summed E-state index contributed by atoms with van der Waals surface area (Å²) in [6.45, 7) is 12.8. The van der Waals surface area contributed by atoms with Crippen LogP contribution in [-0.4, -0.2) is 94.9 Å². The summed E-state index contributed by atoms with van der Waals surface area (Å²) in [5.74, 6) is 0.260. The Bertz CT molecular complexity index is 1170. The number of aliphatic hydroxyl groups excluding tert-OH is 1. The number of benzene rings is 1. The Balaban J connectivity index is 1.13. The molecule has 2 unspecified atom stereocenters. The first kappa shape index (κ1) is 24.8. The number of aliphatic hydroxyl groups is 1. The molecule has 2 fully saturated rings. The Hall–Kier alpha value is -2.52. The van der Waals surface area contributed by atoms with Crippen molar-refractivity contribution >= 4 is 5.91 Å². The van der Waals surface area contributed by atoms with Crippen LogP contribution in [0.4, 0.5) is 0 Å². The van der Waals surface area contributed by atoms with E-state index in [1.54, 1.807) is 4.90 Å². The fourth-order valence-corrected chi connectivity index (χ4v) is 6.24. The molecule has 5 heterocycles. The van der Waals surface area contributed by atoms with Gasteiger partial charge in [0.15, 0.2) is 0 Å². The molecule has 1 spiro atoms. The van der Waals surface area contributed by atoms with Crippen LogP contribution in [0.1, 0.15) is 54.0 Å². The van der Waals surface area contributed by atoms with E-state index in [0.29, 0.717) is 29.9 Å². The number of nitrogens with zero attached hydrogens (tertiary/aromatic N) is 4. The topological polar surface area (TPSA) is 78.4 Å². The Kier molecular flexibility index (Phi) is 6.26. The number of hydrogen-bond acceptors (Lipinski definition) is 7. The maximum absolute atomic E-state index is 13.6. The van der Waals surface area contributed by atoms with Gasteiger partial charge in [0.25, 0.3) is 5.91 Å². The smallest absolute Gasteiger partial charge is 0.259 e. The van der Waals surface area contributed by atoms with E-state index in [9.17, 15) is 9.90 Å². The third-order valence-electron chi connectivity index (χ3n) is 8.32. The van der Waals surface area contributed by atoms with Crippen LogP contribution in [-0.2, 0) is 17.7 Å². The van der Waals surface area contributed by atoms with Crippen molar-refractivity contribution in [3.63, 3.8) is 0 Å². The molecule has 8 nitrogen and oxygen atoms in total. The van der Waals surface area contributed by atoms with E-state index in [-0.39, 0.29) is 18.5 Å². The van der Waals surface area contributed by atoms with Crippen LogP contribution in [0, 0.1) is 5.41 Å². The lowest BCUT2D eigenvalue weighted by atomic mass is 9.77. The van der Waals surface area contributed by atoms with Gasteiger partial charge < -0.3 is 19.5 Å². The second kappa shape index (κ2) is 9.34. The monoisotopic (exact) mass is 506 g/mol. The zero-order chi connectivity index (χ0) is 25.8. The molecular formula is C29H38N4O4. The molecule has 2 aromatic rings. The van der Waals surface area contributed by atoms with Crippen LogP contribution < -0.4 is 4.74 Å². The summed E-state index contributed by atoms with van der Waals surface area (Å²) in [5, 5.41) is 11.0. The van der Waals surface area contributed by atoms with Gasteiger partial charge in [-0.25, -0.2) is 4.98 Å². The molecule has 198 valence electrons. The largest absolute Gasteiger partial charge is 0.469 e. The molecule has 0 radical (unpaired) electrons. The summed E-state index contributed by atoms with van der Waals surface area (Å²) in [4.78, 5) is 24.8. The van der Waals surface area contributed by atoms with Crippen LogP contribution in [0.25, 0.3) is 0 Å². The number of β-amino-alcohol motifs (C(OH)–C–C–N with tert-alkyl or cyclic N) is 1. The van der Waals surface area contributed by atoms with Crippen molar-refractivity contribution in [3.8, 4) is 5.88 Å².